The van der Waals surface area contributed by atoms with Gasteiger partial charge in [-0.2, -0.15) is 0 Å². The lowest BCUT2D eigenvalue weighted by Gasteiger charge is -2.23. The number of ether oxygens (including phenoxy) is 1. The normalized spacial score (nSPS) is 14.5. The van der Waals surface area contributed by atoms with Crippen LogP contribution in [-0.2, 0) is 4.74 Å². The highest BCUT2D eigenvalue weighted by molar-refractivity contribution is 6.19. The van der Waals surface area contributed by atoms with Crippen molar-refractivity contribution in [3.63, 3.8) is 0 Å². The fraction of sp³-hybridized carbons (Fsp3) is 0.240. The first-order valence-corrected chi connectivity index (χ1v) is 10.8. The topological polar surface area (TPSA) is 97.2 Å². The minimum Gasteiger partial charge on any atom is -0.381 e. The zero-order valence-corrected chi connectivity index (χ0v) is 18.0. The second-order valence-electron chi connectivity index (χ2n) is 8.12. The van der Waals surface area contributed by atoms with Crippen LogP contribution >= 0.6 is 0 Å². The monoisotopic (exact) mass is 447 g/mol. The number of halogens is 1. The van der Waals surface area contributed by atoms with Crippen molar-refractivity contribution in [1.82, 2.24) is 15.5 Å². The van der Waals surface area contributed by atoms with Crippen molar-refractivity contribution >= 4 is 22.6 Å². The maximum atomic E-state index is 13.5. The Kier molecular flexibility index (Phi) is 5.51. The van der Waals surface area contributed by atoms with E-state index >= 15 is 0 Å². The van der Waals surface area contributed by atoms with Gasteiger partial charge in [-0.25, -0.2) is 4.39 Å². The van der Waals surface area contributed by atoms with E-state index in [1.807, 2.05) is 0 Å². The van der Waals surface area contributed by atoms with Crippen LogP contribution in [0, 0.1) is 12.7 Å². The fourth-order valence-electron chi connectivity index (χ4n) is 4.14. The van der Waals surface area contributed by atoms with E-state index in [0.717, 1.165) is 12.8 Å². The van der Waals surface area contributed by atoms with Gasteiger partial charge >= 0.3 is 0 Å². The third-order valence-electron chi connectivity index (χ3n) is 5.95. The number of amides is 1. The summed E-state index contributed by atoms with van der Waals surface area (Å²) >= 11 is 0. The molecular formula is C25H22FN3O4. The second kappa shape index (κ2) is 8.63. The summed E-state index contributed by atoms with van der Waals surface area (Å²) < 4.78 is 24.0. The molecule has 1 fully saturated rings. The number of fused-ring (bicyclic) bond motifs is 1. The molecule has 7 nitrogen and oxygen atoms in total. The van der Waals surface area contributed by atoms with E-state index in [1.54, 1.807) is 43.5 Å². The number of hydrogen-bond donors (Lipinski definition) is 2. The van der Waals surface area contributed by atoms with Crippen LogP contribution in [0.15, 0.2) is 53.2 Å². The molecule has 1 saturated heterocycles. The Morgan fingerprint density at radius 1 is 1.12 bits per heavy atom. The second-order valence-corrected chi connectivity index (χ2v) is 8.12. The molecule has 2 N–H and O–H groups in total. The van der Waals surface area contributed by atoms with E-state index in [1.165, 1.54) is 12.1 Å². The standard InChI is InChI=1S/C25H22FN3O4/c1-14-22(23(29-33-14)15-2-5-17(26)6-3-15)24(30)20-13-27-21-12-16(4-7-19(20)21)25(31)28-18-8-10-32-11-9-18/h2-7,12-13,18,27H,8-11H2,1H3,(H,28,31). The molecule has 2 aromatic carbocycles. The molecule has 33 heavy (non-hydrogen) atoms. The van der Waals surface area contributed by atoms with Gasteiger partial charge < -0.3 is 19.6 Å². The summed E-state index contributed by atoms with van der Waals surface area (Å²) in [6, 6.07) is 11.1. The lowest BCUT2D eigenvalue weighted by atomic mass is 9.97. The summed E-state index contributed by atoms with van der Waals surface area (Å²) in [7, 11) is 0. The molecule has 0 spiro atoms. The van der Waals surface area contributed by atoms with Gasteiger partial charge in [0.1, 0.15) is 17.3 Å². The number of H-pyrrole nitrogens is 1. The lowest BCUT2D eigenvalue weighted by Crippen LogP contribution is -2.38. The van der Waals surface area contributed by atoms with Gasteiger partial charge in [-0.15, -0.1) is 0 Å². The fourth-order valence-corrected chi connectivity index (χ4v) is 4.14. The molecule has 5 rings (SSSR count). The number of aryl methyl sites for hydroxylation is 1. The molecule has 3 heterocycles. The molecule has 0 unspecified atom stereocenters. The van der Waals surface area contributed by atoms with Crippen molar-refractivity contribution < 1.29 is 23.2 Å². The van der Waals surface area contributed by atoms with Crippen molar-refractivity contribution in [1.29, 1.82) is 0 Å². The summed E-state index contributed by atoms with van der Waals surface area (Å²) in [5.74, 6) is -0.417. The van der Waals surface area contributed by atoms with Crippen LogP contribution in [0.3, 0.4) is 0 Å². The minimum atomic E-state index is -0.375. The van der Waals surface area contributed by atoms with Gasteiger partial charge in [0.25, 0.3) is 5.91 Å². The quantitative estimate of drug-likeness (QED) is 0.442. The molecule has 4 aromatic rings. The molecule has 0 atom stereocenters. The number of nitrogens with zero attached hydrogens (tertiary/aromatic N) is 1. The summed E-state index contributed by atoms with van der Waals surface area (Å²) in [5.41, 5.74) is 2.90. The summed E-state index contributed by atoms with van der Waals surface area (Å²) in [6.45, 7) is 2.96. The number of aromatic nitrogens is 2. The van der Waals surface area contributed by atoms with Crippen molar-refractivity contribution in [3.8, 4) is 11.3 Å². The van der Waals surface area contributed by atoms with Gasteiger partial charge in [0.05, 0.1) is 5.56 Å². The van der Waals surface area contributed by atoms with E-state index < -0.39 is 0 Å². The van der Waals surface area contributed by atoms with Gasteiger partial charge in [0.2, 0.25) is 5.78 Å². The predicted octanol–water partition coefficient (Wildman–Crippen LogP) is 4.41. The van der Waals surface area contributed by atoms with Crippen molar-refractivity contribution in [3.05, 3.63) is 76.9 Å². The molecule has 0 aliphatic carbocycles. The Morgan fingerprint density at radius 3 is 2.64 bits per heavy atom. The summed E-state index contributed by atoms with van der Waals surface area (Å²) in [4.78, 5) is 29.2. The number of carbonyl (C=O) groups excluding carboxylic acids is 2. The largest absolute Gasteiger partial charge is 0.381 e. The maximum absolute atomic E-state index is 13.5. The predicted molar refractivity (Wildman–Crippen MR) is 120 cm³/mol. The Balaban J connectivity index is 1.44. The van der Waals surface area contributed by atoms with Crippen LogP contribution < -0.4 is 5.32 Å². The average molecular weight is 447 g/mol. The van der Waals surface area contributed by atoms with E-state index in [9.17, 15) is 14.0 Å². The molecular weight excluding hydrogens is 425 g/mol. The van der Waals surface area contributed by atoms with Gasteiger partial charge in [-0.3, -0.25) is 9.59 Å². The lowest BCUT2D eigenvalue weighted by molar-refractivity contribution is 0.0696. The number of nitrogens with one attached hydrogen (secondary N) is 2. The number of hydrogen-bond acceptors (Lipinski definition) is 5. The Morgan fingerprint density at radius 2 is 1.88 bits per heavy atom. The Hall–Kier alpha value is -3.78. The molecule has 1 aliphatic rings. The first-order valence-electron chi connectivity index (χ1n) is 10.8. The van der Waals surface area contributed by atoms with Crippen LogP contribution in [0.4, 0.5) is 4.39 Å². The molecule has 2 aromatic heterocycles. The maximum Gasteiger partial charge on any atom is 0.251 e. The SMILES string of the molecule is Cc1onc(-c2ccc(F)cc2)c1C(=O)c1c[nH]c2cc(C(=O)NC3CCOCC3)ccc12. The van der Waals surface area contributed by atoms with E-state index in [0.29, 0.717) is 57.8 Å². The molecule has 1 amide bonds. The molecule has 1 aliphatic heterocycles. The zero-order chi connectivity index (χ0) is 22.9. The van der Waals surface area contributed by atoms with Crippen LogP contribution in [0.1, 0.15) is 44.9 Å². The number of benzene rings is 2. The smallest absolute Gasteiger partial charge is 0.251 e. The molecule has 8 heteroatoms. The van der Waals surface area contributed by atoms with Crippen LogP contribution in [0.5, 0.6) is 0 Å². The number of carbonyl (C=O) groups is 2. The summed E-state index contributed by atoms with van der Waals surface area (Å²) in [6.07, 6.45) is 3.21. The number of aromatic amines is 1. The van der Waals surface area contributed by atoms with Gasteiger partial charge in [-0.05, 0) is 56.2 Å². The molecule has 0 saturated carbocycles. The third kappa shape index (κ3) is 4.05. The highest BCUT2D eigenvalue weighted by Gasteiger charge is 2.25. The van der Waals surface area contributed by atoms with Crippen LogP contribution in [-0.4, -0.2) is 41.1 Å². The first-order chi connectivity index (χ1) is 16.0. The molecule has 168 valence electrons. The Bertz CT molecular complexity index is 1330. The van der Waals surface area contributed by atoms with Crippen molar-refractivity contribution in [2.45, 2.75) is 25.8 Å². The van der Waals surface area contributed by atoms with Gasteiger partial charge in [0, 0.05) is 53.0 Å². The average Bonchev–Trinajstić information content (AvgIpc) is 3.43. The highest BCUT2D eigenvalue weighted by Crippen LogP contribution is 2.30. The van der Waals surface area contributed by atoms with E-state index in [-0.39, 0.29) is 23.5 Å². The Labute approximate surface area is 188 Å². The van der Waals surface area contributed by atoms with E-state index in [2.05, 4.69) is 15.5 Å². The van der Waals surface area contributed by atoms with Crippen LogP contribution in [0.25, 0.3) is 22.2 Å². The molecule has 0 radical (unpaired) electrons. The van der Waals surface area contributed by atoms with E-state index in [4.69, 9.17) is 9.26 Å². The van der Waals surface area contributed by atoms with Crippen molar-refractivity contribution in [2.75, 3.05) is 13.2 Å². The van der Waals surface area contributed by atoms with Gasteiger partial charge in [0.15, 0.2) is 0 Å². The number of ketones is 1. The molecule has 0 bridgehead atoms. The summed E-state index contributed by atoms with van der Waals surface area (Å²) in [5, 5.41) is 7.76. The third-order valence-corrected chi connectivity index (χ3v) is 5.95. The van der Waals surface area contributed by atoms with Gasteiger partial charge in [-0.1, -0.05) is 11.2 Å². The van der Waals surface area contributed by atoms with Crippen LogP contribution in [0.2, 0.25) is 0 Å². The zero-order valence-electron chi connectivity index (χ0n) is 18.0. The minimum absolute atomic E-state index is 0.101. The highest BCUT2D eigenvalue weighted by atomic mass is 19.1. The number of rotatable bonds is 5. The van der Waals surface area contributed by atoms with Crippen molar-refractivity contribution in [2.24, 2.45) is 0 Å². The first kappa shape index (κ1) is 21.1.